The molecule has 6 fully saturated rings. The van der Waals surface area contributed by atoms with Crippen molar-refractivity contribution in [1.82, 2.24) is 21.3 Å². The quantitative estimate of drug-likeness (QED) is 0.0212. The van der Waals surface area contributed by atoms with Crippen LogP contribution in [0.2, 0.25) is 0 Å². The third kappa shape index (κ3) is 32.3. The first-order valence-corrected chi connectivity index (χ1v) is 43.6. The van der Waals surface area contributed by atoms with E-state index < -0.39 is 278 Å². The first kappa shape index (κ1) is 106. The number of ether oxygens (including phenoxy) is 12. The second-order valence-corrected chi connectivity index (χ2v) is 32.9. The molecule has 0 bridgehead atoms. The van der Waals surface area contributed by atoms with Crippen LogP contribution in [0.25, 0.3) is 0 Å². The number of aliphatic hydroxyl groups is 18. The molecule has 0 aromatic carbocycles. The molecule has 0 aromatic heterocycles. The van der Waals surface area contributed by atoms with Gasteiger partial charge in [0.05, 0.1) is 70.5 Å². The smallest absolute Gasteiger partial charge is 0.364 e. The predicted molar refractivity (Wildman–Crippen MR) is 423 cm³/mol. The van der Waals surface area contributed by atoms with Crippen LogP contribution in [0.5, 0.6) is 0 Å². The number of aliphatic carboxylic acids is 1. The zero-order valence-electron chi connectivity index (χ0n) is 70.5. The Morgan fingerprint density at radius 3 is 1.37 bits per heavy atom. The third-order valence-electron chi connectivity index (χ3n) is 23.1. The minimum Gasteiger partial charge on any atom is -0.477 e. The SMILES string of the molecule is CCCCCCCCCCCCC/C=C/[C@@H](O)[C@H](CO[C@@H]1OC(CO)[C@@H](O[C@@H]2OC(CO[C@@H]3OC(CO)[C@@H](O)[C@H](O)C3NC(C)=O)[C@H](O)[C@H](O[C@@H]3OC(CO)[C@@H](O[C@@H]4OC(CO[C@]5(C(=O)O)CC(O)[C@@H](NC(C)=O)C([C@H](O)[C@H](O)CO)O5)[C@H](O)[C@H](O)C4O)[C@H](O)C3NC(C)=O)C2O)[C@H](O)C1O)NC(=O)CCCCCCCCCCCCCCCCC. The summed E-state index contributed by atoms with van der Waals surface area (Å²) in [5.74, 6) is -7.91. The fourth-order valence-corrected chi connectivity index (χ4v) is 16.0. The summed E-state index contributed by atoms with van der Waals surface area (Å²) in [6.45, 7) is 0.623. The molecular formula is C81H144N4O36. The molecule has 6 saturated heterocycles. The first-order valence-electron chi connectivity index (χ1n) is 43.6. The second kappa shape index (κ2) is 54.9. The van der Waals surface area contributed by atoms with Gasteiger partial charge in [0.1, 0.15) is 140 Å². The monoisotopic (exact) mass is 1750 g/mol. The maximum atomic E-state index is 13.7. The minimum absolute atomic E-state index is 0.134. The molecule has 6 aliphatic rings. The van der Waals surface area contributed by atoms with Crippen LogP contribution in [0.3, 0.4) is 0 Å². The molecule has 4 amide bonds. The van der Waals surface area contributed by atoms with Gasteiger partial charge in [0, 0.05) is 33.6 Å². The van der Waals surface area contributed by atoms with Crippen molar-refractivity contribution in [2.24, 2.45) is 0 Å². The van der Waals surface area contributed by atoms with Gasteiger partial charge in [0.25, 0.3) is 5.79 Å². The Kier molecular flexibility index (Phi) is 48.0. The van der Waals surface area contributed by atoms with Gasteiger partial charge in [0.15, 0.2) is 31.5 Å². The van der Waals surface area contributed by atoms with Crippen LogP contribution in [0.15, 0.2) is 12.2 Å². The molecule has 121 heavy (non-hydrogen) atoms. The van der Waals surface area contributed by atoms with Gasteiger partial charge >= 0.3 is 5.97 Å². The maximum Gasteiger partial charge on any atom is 0.364 e. The van der Waals surface area contributed by atoms with E-state index in [0.717, 1.165) is 78.6 Å². The third-order valence-corrected chi connectivity index (χ3v) is 23.1. The molecule has 0 saturated carbocycles. The van der Waals surface area contributed by atoms with Gasteiger partial charge in [-0.25, -0.2) is 4.79 Å². The van der Waals surface area contributed by atoms with Gasteiger partial charge in [-0.05, 0) is 19.3 Å². The summed E-state index contributed by atoms with van der Waals surface area (Å²) in [5.41, 5.74) is 0. The topological polar surface area (TPSA) is 629 Å². The van der Waals surface area contributed by atoms with Crippen LogP contribution in [-0.2, 0) is 80.8 Å². The molecule has 40 heteroatoms. The molecule has 0 radical (unpaired) electrons. The first-order chi connectivity index (χ1) is 57.8. The largest absolute Gasteiger partial charge is 0.477 e. The Morgan fingerprint density at radius 1 is 0.438 bits per heavy atom. The van der Waals surface area contributed by atoms with E-state index in [1.54, 1.807) is 6.08 Å². The summed E-state index contributed by atoms with van der Waals surface area (Å²) in [5, 5.41) is 223. The molecule has 12 unspecified atom stereocenters. The Hall–Kier alpha value is -4.11. The number of carboxylic acid groups (broad SMARTS) is 1. The number of carbonyl (C=O) groups is 5. The number of rotatable bonds is 56. The van der Waals surface area contributed by atoms with Crippen molar-refractivity contribution in [3.05, 3.63) is 12.2 Å². The molecule has 6 rings (SSSR count). The van der Waals surface area contributed by atoms with Gasteiger partial charge in [-0.2, -0.15) is 0 Å². The van der Waals surface area contributed by atoms with Crippen molar-refractivity contribution < 1.29 is 178 Å². The average Bonchev–Trinajstić information content (AvgIpc) is 0.766. The van der Waals surface area contributed by atoms with Gasteiger partial charge in [-0.3, -0.25) is 19.2 Å². The van der Waals surface area contributed by atoms with Gasteiger partial charge < -0.3 is 175 Å². The Bertz CT molecular complexity index is 2960. The number of nitrogens with one attached hydrogen (secondary N) is 4. The molecule has 704 valence electrons. The van der Waals surface area contributed by atoms with E-state index in [-0.39, 0.29) is 12.3 Å². The number of hydrogen-bond donors (Lipinski definition) is 23. The standard InChI is InChI=1S/C81H144N4O36/c1-6-8-10-12-14-16-18-20-21-23-25-27-29-31-33-35-56(96)85-47(48(93)34-32-30-28-26-24-22-19-17-15-13-11-9-7-2)41-110-77-69(106)67(104)72(53(40-89)115-77)119-79-70(107)74(63(100)54(116-79)42-111-75-58(83-45(4)91)64(101)61(98)51(38-87)113-75)120-76-59(84-46(5)92)65(102)71(52(39-88)114-76)118-78-68(105)66(103)62(99)55(117-78)43-112-81(80(108)109)36-49(94)57(82-44(3)90)73(121-81)60(97)50(95)37-86/h32,34,47-55,57-79,86-89,93-95,97-107H,6-31,33,35-43H2,1-5H3,(H,82,90)(H,83,91)(H,84,92)(H,85,96)(H,108,109)/b34-32+/t47-,48+,49?,50+,51?,52?,53?,54?,55?,57+,58?,59?,60+,61+,62-,63-,64+,65+,66-,67+,68?,69?,70?,71+,72+,73?,74-,75+,76-,77+,78-,79-,81+/m0/s1. The van der Waals surface area contributed by atoms with Crippen LogP contribution in [0.1, 0.15) is 221 Å². The lowest BCUT2D eigenvalue weighted by Crippen LogP contribution is -2.70. The highest BCUT2D eigenvalue weighted by atomic mass is 16.8. The lowest BCUT2D eigenvalue weighted by Gasteiger charge is -2.50. The van der Waals surface area contributed by atoms with Gasteiger partial charge in [-0.1, -0.05) is 180 Å². The van der Waals surface area contributed by atoms with E-state index in [0.29, 0.717) is 12.8 Å². The highest BCUT2D eigenvalue weighted by Crippen LogP contribution is 2.39. The molecule has 6 heterocycles. The van der Waals surface area contributed by atoms with Crippen LogP contribution in [0, 0.1) is 0 Å². The number of carbonyl (C=O) groups excluding carboxylic acids is 4. The lowest BCUT2D eigenvalue weighted by atomic mass is 9.88. The lowest BCUT2D eigenvalue weighted by molar-refractivity contribution is -0.385. The molecule has 0 aromatic rings. The minimum atomic E-state index is -3.03. The Morgan fingerprint density at radius 2 is 0.868 bits per heavy atom. The molecule has 0 aliphatic carbocycles. The predicted octanol–water partition coefficient (Wildman–Crippen LogP) is -3.07. The fourth-order valence-electron chi connectivity index (χ4n) is 16.0. The van der Waals surface area contributed by atoms with Crippen LogP contribution < -0.4 is 21.3 Å². The molecule has 33 atom stereocenters. The van der Waals surface area contributed by atoms with Crippen molar-refractivity contribution in [1.29, 1.82) is 0 Å². The average molecular weight is 1750 g/mol. The summed E-state index contributed by atoms with van der Waals surface area (Å²) < 4.78 is 71.4. The Labute approximate surface area is 707 Å². The summed E-state index contributed by atoms with van der Waals surface area (Å²) in [6.07, 6.45) is -23.7. The van der Waals surface area contributed by atoms with Crippen molar-refractivity contribution in [3.8, 4) is 0 Å². The van der Waals surface area contributed by atoms with Crippen molar-refractivity contribution in [2.45, 2.75) is 423 Å². The van der Waals surface area contributed by atoms with Crippen molar-refractivity contribution >= 4 is 29.6 Å². The van der Waals surface area contributed by atoms with E-state index in [2.05, 4.69) is 35.1 Å². The van der Waals surface area contributed by atoms with Crippen LogP contribution in [-0.4, -0.2) is 375 Å². The van der Waals surface area contributed by atoms with E-state index in [4.69, 9.17) is 56.8 Å². The van der Waals surface area contributed by atoms with Crippen molar-refractivity contribution in [3.63, 3.8) is 0 Å². The highest BCUT2D eigenvalue weighted by molar-refractivity contribution is 5.77. The molecule has 6 aliphatic heterocycles. The normalized spacial score (nSPS) is 35.8. The van der Waals surface area contributed by atoms with E-state index in [9.17, 15) is 121 Å². The number of unbranched alkanes of at least 4 members (excludes halogenated alkanes) is 25. The summed E-state index contributed by atoms with van der Waals surface area (Å²) in [7, 11) is 0. The van der Waals surface area contributed by atoms with E-state index in [1.165, 1.54) is 103 Å². The molecule has 0 spiro atoms. The number of hydrogen-bond acceptors (Lipinski definition) is 35. The highest BCUT2D eigenvalue weighted by Gasteiger charge is 2.60. The van der Waals surface area contributed by atoms with Gasteiger partial charge in [-0.15, -0.1) is 0 Å². The molecule has 23 N–H and O–H groups in total. The summed E-state index contributed by atoms with van der Waals surface area (Å²) in [6, 6.07) is -6.30. The van der Waals surface area contributed by atoms with Crippen molar-refractivity contribution in [2.75, 3.05) is 46.2 Å². The number of allylic oxidation sites excluding steroid dienone is 1. The fraction of sp³-hybridized carbons (Fsp3) is 0.914. The number of carboxylic acids is 1. The van der Waals surface area contributed by atoms with E-state index >= 15 is 0 Å². The second-order valence-electron chi connectivity index (χ2n) is 32.9. The van der Waals surface area contributed by atoms with Crippen LogP contribution in [0.4, 0.5) is 0 Å². The Balaban J connectivity index is 1.20. The molecule has 40 nitrogen and oxygen atoms in total. The van der Waals surface area contributed by atoms with Crippen LogP contribution >= 0.6 is 0 Å². The number of amides is 4. The number of aliphatic hydroxyl groups excluding tert-OH is 18. The summed E-state index contributed by atoms with van der Waals surface area (Å²) >= 11 is 0. The van der Waals surface area contributed by atoms with E-state index in [1.807, 2.05) is 6.08 Å². The molecular weight excluding hydrogens is 1600 g/mol. The maximum absolute atomic E-state index is 13.7. The zero-order chi connectivity index (χ0) is 89.0. The van der Waals surface area contributed by atoms with Gasteiger partial charge in [0.2, 0.25) is 23.6 Å². The zero-order valence-corrected chi connectivity index (χ0v) is 70.5. The summed E-state index contributed by atoms with van der Waals surface area (Å²) in [4.78, 5) is 64.4.